The van der Waals surface area contributed by atoms with Crippen molar-refractivity contribution in [2.45, 2.75) is 27.7 Å². The van der Waals surface area contributed by atoms with Crippen LogP contribution in [0, 0.1) is 5.92 Å². The van der Waals surface area contributed by atoms with Crippen LogP contribution >= 0.6 is 11.8 Å². The first-order valence-corrected chi connectivity index (χ1v) is 13.5. The molecule has 0 atom stereocenters. The number of aromatic amines is 1. The first kappa shape index (κ1) is 23.5. The summed E-state index contributed by atoms with van der Waals surface area (Å²) in [6.45, 7) is 0.730. The summed E-state index contributed by atoms with van der Waals surface area (Å²) in [5.74, 6) is 0.0462. The van der Waals surface area contributed by atoms with E-state index in [0.29, 0.717) is 31.5 Å². The number of nitrogens with one attached hydrogen (secondary N) is 1. The molecule has 0 radical (unpaired) electrons. The smallest absolute Gasteiger partial charge is 0.243 e. The molecule has 1 aliphatic rings. The van der Waals surface area contributed by atoms with E-state index >= 15 is 0 Å². The average Bonchev–Trinajstić information content (AvgIpc) is 3.28. The Morgan fingerprint density at radius 1 is 1.00 bits per heavy atom. The number of carbonyl (C=O) groups excluding carboxylic acids is 1. The maximum Gasteiger partial charge on any atom is 0.243 e. The van der Waals surface area contributed by atoms with Crippen LogP contribution in [-0.4, -0.2) is 46.8 Å². The van der Waals surface area contributed by atoms with Gasteiger partial charge in [-0.15, -0.1) is 0 Å². The van der Waals surface area contributed by atoms with Crippen molar-refractivity contribution in [1.82, 2.24) is 19.5 Å². The van der Waals surface area contributed by atoms with Gasteiger partial charge in [0.2, 0.25) is 10.0 Å². The zero-order valence-corrected chi connectivity index (χ0v) is 20.5. The third-order valence-electron chi connectivity index (χ3n) is 5.86. The van der Waals surface area contributed by atoms with Gasteiger partial charge in [-0.3, -0.25) is 14.9 Å². The van der Waals surface area contributed by atoms with Crippen molar-refractivity contribution < 1.29 is 13.2 Å². The van der Waals surface area contributed by atoms with Crippen molar-refractivity contribution in [2.75, 3.05) is 13.1 Å². The van der Waals surface area contributed by atoms with Crippen molar-refractivity contribution >= 4 is 27.6 Å². The molecular weight excluding hydrogens is 480 g/mol. The van der Waals surface area contributed by atoms with Crippen LogP contribution in [0.25, 0.3) is 0 Å². The van der Waals surface area contributed by atoms with Gasteiger partial charge in [-0.2, -0.15) is 9.40 Å². The van der Waals surface area contributed by atoms with Crippen LogP contribution in [0.5, 0.6) is 0 Å². The summed E-state index contributed by atoms with van der Waals surface area (Å²) in [7, 11) is -3.49. The number of pyridine rings is 1. The van der Waals surface area contributed by atoms with Gasteiger partial charge < -0.3 is 0 Å². The highest BCUT2D eigenvalue weighted by Gasteiger charge is 2.37. The van der Waals surface area contributed by atoms with Gasteiger partial charge in [0.15, 0.2) is 5.78 Å². The van der Waals surface area contributed by atoms with Crippen LogP contribution in [0.4, 0.5) is 0 Å². The third-order valence-corrected chi connectivity index (χ3v) is 8.62. The van der Waals surface area contributed by atoms with Crippen LogP contribution in [0.2, 0.25) is 0 Å². The lowest BCUT2D eigenvalue weighted by Gasteiger charge is -2.37. The molecule has 1 saturated heterocycles. The van der Waals surface area contributed by atoms with Gasteiger partial charge in [0, 0.05) is 54.0 Å². The Bertz CT molecular complexity index is 1420. The molecule has 0 aliphatic carbocycles. The number of carbonyl (C=O) groups is 1. The van der Waals surface area contributed by atoms with Crippen molar-refractivity contribution in [3.05, 3.63) is 102 Å². The lowest BCUT2D eigenvalue weighted by atomic mass is 9.94. The molecule has 5 rings (SSSR count). The highest BCUT2D eigenvalue weighted by atomic mass is 32.2. The fourth-order valence-corrected chi connectivity index (χ4v) is 6.48. The lowest BCUT2D eigenvalue weighted by Crippen LogP contribution is -2.50. The molecule has 35 heavy (non-hydrogen) atoms. The monoisotopic (exact) mass is 504 g/mol. The molecule has 1 fully saturated rings. The van der Waals surface area contributed by atoms with E-state index in [1.807, 2.05) is 42.5 Å². The number of benzene rings is 2. The number of rotatable bonds is 9. The normalized spacial score (nSPS) is 14.5. The van der Waals surface area contributed by atoms with Gasteiger partial charge in [-0.05, 0) is 48.4 Å². The summed E-state index contributed by atoms with van der Waals surface area (Å²) < 4.78 is 26.8. The van der Waals surface area contributed by atoms with Crippen LogP contribution in [0.3, 0.4) is 0 Å². The minimum atomic E-state index is -3.49. The zero-order valence-electron chi connectivity index (χ0n) is 18.9. The predicted octanol–water partition coefficient (Wildman–Crippen LogP) is 4.44. The Morgan fingerprint density at radius 2 is 1.80 bits per heavy atom. The van der Waals surface area contributed by atoms with E-state index in [2.05, 4.69) is 15.2 Å². The van der Waals surface area contributed by atoms with Crippen molar-refractivity contribution in [3.8, 4) is 0 Å². The second kappa shape index (κ2) is 10.2. The molecule has 0 saturated carbocycles. The van der Waals surface area contributed by atoms with Gasteiger partial charge in [0.05, 0.1) is 4.90 Å². The van der Waals surface area contributed by atoms with Gasteiger partial charge in [0.1, 0.15) is 5.03 Å². The number of Topliss-reactive ketones (excluding diaryl/α,β-unsaturated/α-hetero) is 1. The number of hydrogen-bond acceptors (Lipinski definition) is 6. The number of nitrogens with zero attached hydrogens (tertiary/aromatic N) is 3. The molecule has 0 unspecified atom stereocenters. The Labute approximate surface area is 208 Å². The van der Waals surface area contributed by atoms with E-state index in [1.54, 1.807) is 42.6 Å². The molecular formula is C26H24N4O3S2. The SMILES string of the molecule is O=C(CC1CN(S(=O)(=O)c2ccccc2)C1)c1cccc(Sc2cc(Cc3ccccn3)[nH]n2)c1. The van der Waals surface area contributed by atoms with Gasteiger partial charge in [-0.1, -0.05) is 48.2 Å². The van der Waals surface area contributed by atoms with E-state index in [1.165, 1.54) is 16.1 Å². The van der Waals surface area contributed by atoms with Crippen LogP contribution in [0.15, 0.2) is 99.9 Å². The van der Waals surface area contributed by atoms with E-state index < -0.39 is 10.0 Å². The summed E-state index contributed by atoms with van der Waals surface area (Å²) in [5, 5.41) is 8.24. The molecule has 3 heterocycles. The molecule has 7 nitrogen and oxygen atoms in total. The minimum absolute atomic E-state index is 0.0204. The number of ketones is 1. The predicted molar refractivity (Wildman–Crippen MR) is 134 cm³/mol. The van der Waals surface area contributed by atoms with E-state index in [-0.39, 0.29) is 16.6 Å². The number of H-pyrrole nitrogens is 1. The first-order chi connectivity index (χ1) is 17.0. The van der Waals surface area contributed by atoms with Crippen LogP contribution in [0.1, 0.15) is 28.2 Å². The Balaban J connectivity index is 1.17. The maximum atomic E-state index is 12.9. The lowest BCUT2D eigenvalue weighted by molar-refractivity contribution is 0.0905. The summed E-state index contributed by atoms with van der Waals surface area (Å²) >= 11 is 1.49. The highest BCUT2D eigenvalue weighted by molar-refractivity contribution is 7.99. The summed E-state index contributed by atoms with van der Waals surface area (Å²) in [6, 6.07) is 23.7. The van der Waals surface area contributed by atoms with Gasteiger partial charge >= 0.3 is 0 Å². The van der Waals surface area contributed by atoms with Crippen molar-refractivity contribution in [2.24, 2.45) is 5.92 Å². The van der Waals surface area contributed by atoms with Crippen LogP contribution in [-0.2, 0) is 16.4 Å². The van der Waals surface area contributed by atoms with E-state index in [9.17, 15) is 13.2 Å². The molecule has 2 aromatic carbocycles. The molecule has 2 aromatic heterocycles. The van der Waals surface area contributed by atoms with E-state index in [0.717, 1.165) is 21.3 Å². The fraction of sp³-hybridized carbons (Fsp3) is 0.192. The second-order valence-electron chi connectivity index (χ2n) is 8.49. The molecule has 0 bridgehead atoms. The second-order valence-corrected chi connectivity index (χ2v) is 11.5. The maximum absolute atomic E-state index is 12.9. The first-order valence-electron chi connectivity index (χ1n) is 11.3. The third kappa shape index (κ3) is 5.53. The molecule has 178 valence electrons. The van der Waals surface area contributed by atoms with Crippen molar-refractivity contribution in [3.63, 3.8) is 0 Å². The van der Waals surface area contributed by atoms with Crippen molar-refractivity contribution in [1.29, 1.82) is 0 Å². The summed E-state index contributed by atoms with van der Waals surface area (Å²) in [5.41, 5.74) is 2.56. The molecule has 9 heteroatoms. The number of sulfonamides is 1. The summed E-state index contributed by atoms with van der Waals surface area (Å²) in [4.78, 5) is 18.4. The van der Waals surface area contributed by atoms with Gasteiger partial charge in [-0.25, -0.2) is 8.42 Å². The molecule has 0 amide bonds. The van der Waals surface area contributed by atoms with Gasteiger partial charge in [0.25, 0.3) is 0 Å². The molecule has 0 spiro atoms. The summed E-state index contributed by atoms with van der Waals surface area (Å²) in [6.07, 6.45) is 2.77. The largest absolute Gasteiger partial charge is 0.294 e. The zero-order chi connectivity index (χ0) is 24.3. The average molecular weight is 505 g/mol. The fourth-order valence-electron chi connectivity index (χ4n) is 4.00. The molecule has 1 aliphatic heterocycles. The molecule has 1 N–H and O–H groups in total. The number of hydrogen-bond donors (Lipinski definition) is 1. The Kier molecular flexibility index (Phi) is 6.81. The minimum Gasteiger partial charge on any atom is -0.294 e. The highest BCUT2D eigenvalue weighted by Crippen LogP contribution is 2.30. The Morgan fingerprint density at radius 3 is 2.57 bits per heavy atom. The van der Waals surface area contributed by atoms with Crippen LogP contribution < -0.4 is 0 Å². The Hall–Kier alpha value is -3.27. The van der Waals surface area contributed by atoms with E-state index in [4.69, 9.17) is 0 Å². The standard InChI is InChI=1S/C26H24N4O3S2/c31-25(13-19-17-30(18-19)35(32,33)24-10-2-1-3-11-24)20-7-6-9-23(14-20)34-26-16-22(28-29-26)15-21-8-4-5-12-27-21/h1-12,14,16,19H,13,15,17-18H2,(H,28,29). The molecule has 4 aromatic rings. The number of aromatic nitrogens is 3. The quantitative estimate of drug-likeness (QED) is 0.339. The topological polar surface area (TPSA) is 96.0 Å².